The van der Waals surface area contributed by atoms with E-state index in [2.05, 4.69) is 0 Å². The molecule has 1 aromatic carbocycles. The fourth-order valence-electron chi connectivity index (χ4n) is 3.06. The molecule has 1 aromatic heterocycles. The minimum atomic E-state index is -0.361. The highest BCUT2D eigenvalue weighted by molar-refractivity contribution is 5.90. The molecular weight excluding hydrogens is 278 g/mol. The van der Waals surface area contributed by atoms with Gasteiger partial charge in [-0.3, -0.25) is 4.79 Å². The third-order valence-electron chi connectivity index (χ3n) is 4.16. The van der Waals surface area contributed by atoms with Gasteiger partial charge >= 0.3 is 5.97 Å². The van der Waals surface area contributed by atoms with Crippen molar-refractivity contribution in [3.8, 4) is 0 Å². The van der Waals surface area contributed by atoms with Crippen molar-refractivity contribution in [1.29, 1.82) is 0 Å². The first-order valence-electron chi connectivity index (χ1n) is 7.58. The van der Waals surface area contributed by atoms with Crippen molar-refractivity contribution in [3.63, 3.8) is 0 Å². The number of carbonyl (C=O) groups is 1. The molecule has 0 N–H and O–H groups in total. The SMILES string of the molecule is COC(=O)c1cc(Cc2ccccc2)c(=O)n2c1CCCC2. The molecule has 114 valence electrons. The summed E-state index contributed by atoms with van der Waals surface area (Å²) in [5, 5.41) is 0. The topological polar surface area (TPSA) is 48.3 Å². The fourth-order valence-corrected chi connectivity index (χ4v) is 3.06. The number of methoxy groups -OCH3 is 1. The van der Waals surface area contributed by atoms with Crippen LogP contribution in [-0.2, 0) is 24.1 Å². The van der Waals surface area contributed by atoms with Gasteiger partial charge < -0.3 is 9.30 Å². The van der Waals surface area contributed by atoms with Crippen LogP contribution < -0.4 is 5.56 Å². The van der Waals surface area contributed by atoms with E-state index in [9.17, 15) is 9.59 Å². The number of hydrogen-bond acceptors (Lipinski definition) is 3. The van der Waals surface area contributed by atoms with E-state index in [1.807, 2.05) is 30.3 Å². The highest BCUT2D eigenvalue weighted by Crippen LogP contribution is 2.20. The molecule has 22 heavy (non-hydrogen) atoms. The van der Waals surface area contributed by atoms with Gasteiger partial charge in [-0.15, -0.1) is 0 Å². The molecule has 0 unspecified atom stereocenters. The molecule has 0 radical (unpaired) electrons. The predicted octanol–water partition coefficient (Wildman–Crippen LogP) is 2.56. The van der Waals surface area contributed by atoms with Gasteiger partial charge in [0, 0.05) is 24.2 Å². The number of ether oxygens (including phenoxy) is 1. The second kappa shape index (κ2) is 6.18. The lowest BCUT2D eigenvalue weighted by Crippen LogP contribution is -2.32. The van der Waals surface area contributed by atoms with Gasteiger partial charge in [-0.1, -0.05) is 30.3 Å². The molecule has 4 nitrogen and oxygen atoms in total. The molecule has 0 amide bonds. The van der Waals surface area contributed by atoms with Gasteiger partial charge in [-0.25, -0.2) is 4.79 Å². The third-order valence-corrected chi connectivity index (χ3v) is 4.16. The van der Waals surface area contributed by atoms with Gasteiger partial charge in [0.25, 0.3) is 5.56 Å². The zero-order chi connectivity index (χ0) is 15.5. The lowest BCUT2D eigenvalue weighted by molar-refractivity contribution is 0.0597. The van der Waals surface area contributed by atoms with Crippen molar-refractivity contribution in [2.75, 3.05) is 7.11 Å². The summed E-state index contributed by atoms with van der Waals surface area (Å²) in [6, 6.07) is 11.5. The Labute approximate surface area is 129 Å². The number of esters is 1. The van der Waals surface area contributed by atoms with Crippen LogP contribution in [0.5, 0.6) is 0 Å². The minimum absolute atomic E-state index is 0.0196. The van der Waals surface area contributed by atoms with Crippen LogP contribution in [0.4, 0.5) is 0 Å². The maximum Gasteiger partial charge on any atom is 0.339 e. The second-order valence-corrected chi connectivity index (χ2v) is 5.60. The van der Waals surface area contributed by atoms with E-state index in [-0.39, 0.29) is 11.5 Å². The molecule has 0 atom stereocenters. The zero-order valence-corrected chi connectivity index (χ0v) is 12.7. The van der Waals surface area contributed by atoms with E-state index in [0.29, 0.717) is 24.1 Å². The monoisotopic (exact) mass is 297 g/mol. The van der Waals surface area contributed by atoms with Gasteiger partial charge in [-0.2, -0.15) is 0 Å². The lowest BCUT2D eigenvalue weighted by Gasteiger charge is -2.22. The predicted molar refractivity (Wildman–Crippen MR) is 84.2 cm³/mol. The standard InChI is InChI=1S/C18H19NO3/c1-22-18(21)15-12-14(11-13-7-3-2-4-8-13)17(20)19-10-6-5-9-16(15)19/h2-4,7-8,12H,5-6,9-11H2,1H3. The van der Waals surface area contributed by atoms with Crippen molar-refractivity contribution in [1.82, 2.24) is 4.57 Å². The van der Waals surface area contributed by atoms with Gasteiger partial charge in [0.1, 0.15) is 0 Å². The summed E-state index contributed by atoms with van der Waals surface area (Å²) >= 11 is 0. The molecule has 0 bridgehead atoms. The highest BCUT2D eigenvalue weighted by atomic mass is 16.5. The summed E-state index contributed by atoms with van der Waals surface area (Å²) in [7, 11) is 1.38. The Balaban J connectivity index is 2.10. The molecule has 0 spiro atoms. The number of rotatable bonds is 3. The fraction of sp³-hybridized carbons (Fsp3) is 0.333. The maximum atomic E-state index is 12.7. The minimum Gasteiger partial charge on any atom is -0.465 e. The molecular formula is C18H19NO3. The normalized spacial score (nSPS) is 13.5. The molecule has 2 aromatic rings. The Hall–Kier alpha value is -2.36. The van der Waals surface area contributed by atoms with Crippen LogP contribution in [-0.4, -0.2) is 17.6 Å². The summed E-state index contributed by atoms with van der Waals surface area (Å²) in [5.74, 6) is -0.361. The molecule has 0 fully saturated rings. The van der Waals surface area contributed by atoms with Gasteiger partial charge in [0.15, 0.2) is 0 Å². The van der Waals surface area contributed by atoms with Crippen molar-refractivity contribution in [2.24, 2.45) is 0 Å². The molecule has 4 heteroatoms. The van der Waals surface area contributed by atoms with E-state index in [1.165, 1.54) is 7.11 Å². The molecule has 1 aliphatic heterocycles. The number of nitrogens with zero attached hydrogens (tertiary/aromatic N) is 1. The summed E-state index contributed by atoms with van der Waals surface area (Å²) in [5.41, 5.74) is 3.09. The molecule has 0 aliphatic carbocycles. The third kappa shape index (κ3) is 2.69. The Morgan fingerprint density at radius 2 is 2.00 bits per heavy atom. The number of pyridine rings is 1. The molecule has 0 saturated carbocycles. The summed E-state index contributed by atoms with van der Waals surface area (Å²) in [4.78, 5) is 24.8. The molecule has 2 heterocycles. The van der Waals surface area contributed by atoms with E-state index < -0.39 is 0 Å². The van der Waals surface area contributed by atoms with Gasteiger partial charge in [-0.05, 0) is 30.9 Å². The first-order valence-corrected chi connectivity index (χ1v) is 7.58. The number of aromatic nitrogens is 1. The van der Waals surface area contributed by atoms with Crippen molar-refractivity contribution < 1.29 is 9.53 Å². The largest absolute Gasteiger partial charge is 0.465 e. The summed E-state index contributed by atoms with van der Waals surface area (Å²) in [6.45, 7) is 0.681. The quantitative estimate of drug-likeness (QED) is 0.818. The Kier molecular flexibility index (Phi) is 4.09. The van der Waals surface area contributed by atoms with Crippen molar-refractivity contribution in [2.45, 2.75) is 32.2 Å². The summed E-state index contributed by atoms with van der Waals surface area (Å²) in [6.07, 6.45) is 3.26. The van der Waals surface area contributed by atoms with E-state index in [1.54, 1.807) is 10.6 Å². The Bertz CT molecular complexity index is 747. The van der Waals surface area contributed by atoms with E-state index >= 15 is 0 Å². The second-order valence-electron chi connectivity index (χ2n) is 5.60. The highest BCUT2D eigenvalue weighted by Gasteiger charge is 2.22. The van der Waals surface area contributed by atoms with Crippen LogP contribution in [0.1, 0.15) is 40.0 Å². The van der Waals surface area contributed by atoms with Crippen LogP contribution >= 0.6 is 0 Å². The first-order chi connectivity index (χ1) is 10.7. The smallest absolute Gasteiger partial charge is 0.339 e. The number of benzene rings is 1. The summed E-state index contributed by atoms with van der Waals surface area (Å²) < 4.78 is 6.65. The van der Waals surface area contributed by atoms with Crippen LogP contribution in [0.15, 0.2) is 41.2 Å². The average Bonchev–Trinajstić information content (AvgIpc) is 2.58. The first kappa shape index (κ1) is 14.6. The maximum absolute atomic E-state index is 12.7. The molecule has 3 rings (SSSR count). The van der Waals surface area contributed by atoms with E-state index in [0.717, 1.165) is 30.5 Å². The van der Waals surface area contributed by atoms with E-state index in [4.69, 9.17) is 4.74 Å². The van der Waals surface area contributed by atoms with Gasteiger partial charge in [0.2, 0.25) is 0 Å². The van der Waals surface area contributed by atoms with Crippen LogP contribution in [0.2, 0.25) is 0 Å². The number of fused-ring (bicyclic) bond motifs is 1. The Morgan fingerprint density at radius 3 is 2.73 bits per heavy atom. The van der Waals surface area contributed by atoms with Crippen LogP contribution in [0, 0.1) is 0 Å². The Morgan fingerprint density at radius 1 is 1.23 bits per heavy atom. The van der Waals surface area contributed by atoms with Crippen molar-refractivity contribution >= 4 is 5.97 Å². The van der Waals surface area contributed by atoms with Gasteiger partial charge in [0.05, 0.1) is 12.7 Å². The lowest BCUT2D eigenvalue weighted by atomic mass is 9.98. The number of hydrogen-bond donors (Lipinski definition) is 0. The van der Waals surface area contributed by atoms with Crippen LogP contribution in [0.3, 0.4) is 0 Å². The van der Waals surface area contributed by atoms with Crippen molar-refractivity contribution in [3.05, 3.63) is 69.1 Å². The van der Waals surface area contributed by atoms with Crippen LogP contribution in [0.25, 0.3) is 0 Å². The molecule has 0 saturated heterocycles. The number of carbonyl (C=O) groups excluding carboxylic acids is 1. The zero-order valence-electron chi connectivity index (χ0n) is 12.7. The average molecular weight is 297 g/mol. The molecule has 1 aliphatic rings.